The van der Waals surface area contributed by atoms with Crippen molar-refractivity contribution in [2.45, 2.75) is 12.6 Å². The third-order valence-electron chi connectivity index (χ3n) is 3.53. The summed E-state index contributed by atoms with van der Waals surface area (Å²) in [6.45, 7) is 0.765. The monoisotopic (exact) mass is 289 g/mol. The number of anilines is 1. The van der Waals surface area contributed by atoms with Crippen LogP contribution in [-0.2, 0) is 15.5 Å². The van der Waals surface area contributed by atoms with Crippen LogP contribution in [0.5, 0.6) is 0 Å². The van der Waals surface area contributed by atoms with Crippen LogP contribution in [-0.4, -0.2) is 11.4 Å². The Morgan fingerprint density at radius 1 is 1.10 bits per heavy atom. The molecular formula is C15H16NO3P. The summed E-state index contributed by atoms with van der Waals surface area (Å²) in [4.78, 5) is 11.2. The van der Waals surface area contributed by atoms with Crippen molar-refractivity contribution in [2.24, 2.45) is 0 Å². The van der Waals surface area contributed by atoms with Crippen molar-refractivity contribution < 1.29 is 14.0 Å². The largest absolute Gasteiger partial charge is 0.342 e. The van der Waals surface area contributed by atoms with Gasteiger partial charge in [-0.05, 0) is 24.1 Å². The van der Waals surface area contributed by atoms with Crippen LogP contribution >= 0.6 is 8.25 Å². The lowest BCUT2D eigenvalue weighted by Crippen LogP contribution is -2.36. The van der Waals surface area contributed by atoms with Crippen LogP contribution in [0.1, 0.15) is 17.4 Å². The number of nitrogens with zero attached hydrogens (tertiary/aromatic N) is 1. The zero-order valence-electron chi connectivity index (χ0n) is 10.9. The van der Waals surface area contributed by atoms with Gasteiger partial charge >= 0.3 is 8.25 Å². The van der Waals surface area contributed by atoms with Crippen molar-refractivity contribution in [1.29, 1.82) is 0 Å². The normalized spacial score (nSPS) is 19.4. The summed E-state index contributed by atoms with van der Waals surface area (Å²) in [6.07, 6.45) is 0.399. The summed E-state index contributed by atoms with van der Waals surface area (Å²) in [6, 6.07) is 17.7. The third kappa shape index (κ3) is 2.63. The van der Waals surface area contributed by atoms with Gasteiger partial charge in [-0.3, -0.25) is 9.09 Å². The molecule has 4 nitrogen and oxygen atoms in total. The van der Waals surface area contributed by atoms with Gasteiger partial charge in [0.1, 0.15) is 0 Å². The molecule has 1 aliphatic heterocycles. The van der Waals surface area contributed by atoms with E-state index in [0.29, 0.717) is 0 Å². The van der Waals surface area contributed by atoms with Crippen LogP contribution in [0.3, 0.4) is 0 Å². The maximum absolute atomic E-state index is 11.2. The number of rotatable bonds is 3. The average molecular weight is 289 g/mol. The Labute approximate surface area is 118 Å². The van der Waals surface area contributed by atoms with E-state index in [4.69, 9.17) is 4.52 Å². The van der Waals surface area contributed by atoms with E-state index < -0.39 is 14.5 Å². The fourth-order valence-electron chi connectivity index (χ4n) is 2.64. The third-order valence-corrected chi connectivity index (χ3v) is 3.95. The Balaban J connectivity index is 2.01. The second-order valence-electron chi connectivity index (χ2n) is 4.71. The summed E-state index contributed by atoms with van der Waals surface area (Å²) in [7, 11) is -3.01. The summed E-state index contributed by atoms with van der Waals surface area (Å²) >= 11 is 0. The van der Waals surface area contributed by atoms with Crippen molar-refractivity contribution in [1.82, 2.24) is 0 Å². The van der Waals surface area contributed by atoms with Crippen molar-refractivity contribution in [3.05, 3.63) is 65.7 Å². The molecule has 0 spiro atoms. The Morgan fingerprint density at radius 3 is 2.55 bits per heavy atom. The minimum Gasteiger partial charge on any atom is -0.342 e. The fraction of sp³-hybridized carbons (Fsp3) is 0.200. The van der Waals surface area contributed by atoms with E-state index in [1.165, 1.54) is 5.56 Å². The van der Waals surface area contributed by atoms with Gasteiger partial charge in [-0.15, -0.1) is 0 Å². The zero-order chi connectivity index (χ0) is 13.9. The molecule has 5 heteroatoms. The van der Waals surface area contributed by atoms with Crippen LogP contribution in [0.2, 0.25) is 0 Å². The van der Waals surface area contributed by atoms with E-state index in [0.717, 1.165) is 24.2 Å². The number of para-hydroxylation sites is 1. The molecule has 0 fully saturated rings. The Hall–Kier alpha value is -1.61. The molecule has 0 aromatic heterocycles. The molecule has 104 valence electrons. The highest BCUT2D eigenvalue weighted by Gasteiger charge is 2.29. The molecule has 1 N–H and O–H groups in total. The Morgan fingerprint density at radius 2 is 1.80 bits per heavy atom. The highest BCUT2D eigenvalue weighted by Crippen LogP contribution is 2.39. The number of hydrogen-bond acceptors (Lipinski definition) is 3. The first-order valence-corrected chi connectivity index (χ1v) is 7.81. The van der Waals surface area contributed by atoms with Crippen LogP contribution in [0.25, 0.3) is 0 Å². The highest BCUT2D eigenvalue weighted by atomic mass is 31.1. The predicted octanol–water partition coefficient (Wildman–Crippen LogP) is 3.15. The first kappa shape index (κ1) is 13.4. The maximum Gasteiger partial charge on any atom is 0.318 e. The Kier molecular flexibility index (Phi) is 3.88. The van der Waals surface area contributed by atoms with E-state index >= 15 is 0 Å². The van der Waals surface area contributed by atoms with Crippen LogP contribution < -0.4 is 4.90 Å². The molecule has 0 saturated carbocycles. The molecule has 20 heavy (non-hydrogen) atoms. The predicted molar refractivity (Wildman–Crippen MR) is 79.0 cm³/mol. The summed E-state index contributed by atoms with van der Waals surface area (Å²) in [5.74, 6) is 0. The van der Waals surface area contributed by atoms with Gasteiger partial charge < -0.3 is 9.79 Å². The SMILES string of the molecule is O=[PH](O)OC1c2ccccc2CCN1c1ccccc1. The molecule has 2 aromatic rings. The summed E-state index contributed by atoms with van der Waals surface area (Å²) in [5, 5.41) is 0. The molecule has 1 aliphatic rings. The molecule has 2 unspecified atom stereocenters. The average Bonchev–Trinajstić information content (AvgIpc) is 2.48. The van der Waals surface area contributed by atoms with Crippen molar-refractivity contribution in [3.8, 4) is 0 Å². The highest BCUT2D eigenvalue weighted by molar-refractivity contribution is 7.32. The molecule has 2 aromatic carbocycles. The second-order valence-corrected chi connectivity index (χ2v) is 5.48. The van der Waals surface area contributed by atoms with Gasteiger partial charge in [0, 0.05) is 17.8 Å². The van der Waals surface area contributed by atoms with Crippen LogP contribution in [0, 0.1) is 0 Å². The van der Waals surface area contributed by atoms with Gasteiger partial charge in [-0.25, -0.2) is 0 Å². The van der Waals surface area contributed by atoms with Crippen LogP contribution in [0.4, 0.5) is 5.69 Å². The number of fused-ring (bicyclic) bond motifs is 1. The van der Waals surface area contributed by atoms with Crippen molar-refractivity contribution >= 4 is 13.9 Å². The quantitative estimate of drug-likeness (QED) is 0.882. The number of hydrogen-bond donors (Lipinski definition) is 1. The molecule has 0 saturated heterocycles. The van der Waals surface area contributed by atoms with Crippen LogP contribution in [0.15, 0.2) is 54.6 Å². The van der Waals surface area contributed by atoms with Gasteiger partial charge in [0.05, 0.1) is 0 Å². The molecule has 0 aliphatic carbocycles. The standard InChI is InChI=1S/C15H16NO3P/c17-20(18)19-15-14-9-5-4-6-12(14)10-11-16(15)13-7-2-1-3-8-13/h1-9,15,20H,10-11H2,(H,17,18). The minimum atomic E-state index is -3.01. The molecule has 1 heterocycles. The summed E-state index contributed by atoms with van der Waals surface area (Å²) < 4.78 is 16.5. The molecule has 0 amide bonds. The zero-order valence-corrected chi connectivity index (χ0v) is 11.9. The van der Waals surface area contributed by atoms with Crippen molar-refractivity contribution in [3.63, 3.8) is 0 Å². The fourth-order valence-corrected chi connectivity index (χ4v) is 3.08. The van der Waals surface area contributed by atoms with E-state index in [2.05, 4.69) is 0 Å². The lowest BCUT2D eigenvalue weighted by atomic mass is 9.98. The van der Waals surface area contributed by atoms with Gasteiger partial charge in [0.15, 0.2) is 6.23 Å². The van der Waals surface area contributed by atoms with E-state index in [1.807, 2.05) is 59.5 Å². The molecule has 2 atom stereocenters. The minimum absolute atomic E-state index is 0.501. The maximum atomic E-state index is 11.2. The number of benzene rings is 2. The van der Waals surface area contributed by atoms with Gasteiger partial charge in [-0.2, -0.15) is 0 Å². The lowest BCUT2D eigenvalue weighted by Gasteiger charge is -2.37. The smallest absolute Gasteiger partial charge is 0.318 e. The molecule has 3 rings (SSSR count). The first-order valence-electron chi connectivity index (χ1n) is 6.55. The first-order chi connectivity index (χ1) is 9.75. The lowest BCUT2D eigenvalue weighted by molar-refractivity contribution is 0.179. The summed E-state index contributed by atoms with van der Waals surface area (Å²) in [5.41, 5.74) is 3.14. The topological polar surface area (TPSA) is 49.8 Å². The molecular weight excluding hydrogens is 273 g/mol. The molecule has 0 radical (unpaired) electrons. The van der Waals surface area contributed by atoms with E-state index in [-0.39, 0.29) is 0 Å². The van der Waals surface area contributed by atoms with Crippen molar-refractivity contribution in [2.75, 3.05) is 11.4 Å². The van der Waals surface area contributed by atoms with Gasteiger partial charge in [0.2, 0.25) is 0 Å². The van der Waals surface area contributed by atoms with E-state index in [1.54, 1.807) is 0 Å². The molecule has 0 bridgehead atoms. The van der Waals surface area contributed by atoms with Gasteiger partial charge in [0.25, 0.3) is 0 Å². The van der Waals surface area contributed by atoms with E-state index in [9.17, 15) is 9.46 Å². The Bertz CT molecular complexity index is 618. The second kappa shape index (κ2) is 5.80. The van der Waals surface area contributed by atoms with Gasteiger partial charge in [-0.1, -0.05) is 42.5 Å².